The number of hydrogen-bond donors (Lipinski definition) is 1. The lowest BCUT2D eigenvalue weighted by Crippen LogP contribution is -2.39. The van der Waals surface area contributed by atoms with Crippen LogP contribution in [-0.2, 0) is 0 Å². The van der Waals surface area contributed by atoms with Crippen LogP contribution in [0.25, 0.3) is 0 Å². The van der Waals surface area contributed by atoms with Crippen LogP contribution >= 0.6 is 0 Å². The average molecular weight is 280 g/mol. The first-order valence-electron chi connectivity index (χ1n) is 7.35. The third kappa shape index (κ3) is 4.54. The van der Waals surface area contributed by atoms with Crippen LogP contribution < -0.4 is 0 Å². The molecule has 0 radical (unpaired) electrons. The standard InChI is InChI=1S/C16H25FN2O/c1-18(2)11-13-6-8-19(9-7-13)12-16(20)14-4-3-5-15(17)10-14/h3-5,10,13,16,20H,6-9,11-12H2,1-2H3/t16-/m1/s1. The fourth-order valence-electron chi connectivity index (χ4n) is 2.93. The van der Waals surface area contributed by atoms with Crippen LogP contribution in [0.15, 0.2) is 24.3 Å². The van der Waals surface area contributed by atoms with Crippen LogP contribution in [0.1, 0.15) is 24.5 Å². The van der Waals surface area contributed by atoms with Gasteiger partial charge >= 0.3 is 0 Å². The normalized spacial score (nSPS) is 19.4. The molecule has 1 aliphatic rings. The number of aliphatic hydroxyl groups excluding tert-OH is 1. The molecule has 0 aromatic heterocycles. The molecule has 3 nitrogen and oxygen atoms in total. The zero-order chi connectivity index (χ0) is 14.5. The number of β-amino-alcohol motifs (C(OH)–C–C–N with tert-alkyl or cyclic N) is 1. The summed E-state index contributed by atoms with van der Waals surface area (Å²) in [5, 5.41) is 10.2. The first kappa shape index (κ1) is 15.4. The number of benzene rings is 1. The molecule has 0 spiro atoms. The van der Waals surface area contributed by atoms with Crippen molar-refractivity contribution in [2.45, 2.75) is 18.9 Å². The quantitative estimate of drug-likeness (QED) is 0.895. The Bertz CT molecular complexity index is 417. The Morgan fingerprint density at radius 1 is 1.35 bits per heavy atom. The van der Waals surface area contributed by atoms with Gasteiger partial charge in [0.1, 0.15) is 5.82 Å². The SMILES string of the molecule is CN(C)CC1CCN(C[C@@H](O)c2cccc(F)c2)CC1. The number of nitrogens with zero attached hydrogens (tertiary/aromatic N) is 2. The maximum absolute atomic E-state index is 13.1. The molecule has 1 atom stereocenters. The molecule has 1 heterocycles. The van der Waals surface area contributed by atoms with Crippen molar-refractivity contribution in [2.24, 2.45) is 5.92 Å². The third-order valence-electron chi connectivity index (χ3n) is 4.00. The van der Waals surface area contributed by atoms with Crippen molar-refractivity contribution < 1.29 is 9.50 Å². The van der Waals surface area contributed by atoms with E-state index < -0.39 is 6.10 Å². The maximum Gasteiger partial charge on any atom is 0.123 e. The summed E-state index contributed by atoms with van der Waals surface area (Å²) in [6.07, 6.45) is 1.75. The van der Waals surface area contributed by atoms with Gasteiger partial charge < -0.3 is 14.9 Å². The fourth-order valence-corrected chi connectivity index (χ4v) is 2.93. The highest BCUT2D eigenvalue weighted by Gasteiger charge is 2.21. The fraction of sp³-hybridized carbons (Fsp3) is 0.625. The lowest BCUT2D eigenvalue weighted by Gasteiger charge is -2.34. The van der Waals surface area contributed by atoms with Crippen LogP contribution in [0, 0.1) is 11.7 Å². The van der Waals surface area contributed by atoms with Crippen LogP contribution in [0.3, 0.4) is 0 Å². The molecule has 1 aliphatic heterocycles. The maximum atomic E-state index is 13.1. The minimum Gasteiger partial charge on any atom is -0.387 e. The van der Waals surface area contributed by atoms with Gasteiger partial charge in [-0.1, -0.05) is 12.1 Å². The van der Waals surface area contributed by atoms with E-state index in [0.717, 1.165) is 25.6 Å². The van der Waals surface area contributed by atoms with Gasteiger partial charge in [-0.3, -0.25) is 0 Å². The molecular weight excluding hydrogens is 255 g/mol. The van der Waals surface area contributed by atoms with Gasteiger partial charge in [0, 0.05) is 13.1 Å². The molecule has 1 fully saturated rings. The molecule has 1 aromatic carbocycles. The van der Waals surface area contributed by atoms with Crippen LogP contribution in [0.2, 0.25) is 0 Å². The van der Waals surface area contributed by atoms with Crippen molar-refractivity contribution in [1.82, 2.24) is 9.80 Å². The van der Waals surface area contributed by atoms with Crippen LogP contribution in [0.5, 0.6) is 0 Å². The minimum atomic E-state index is -0.601. The lowest BCUT2D eigenvalue weighted by molar-refractivity contribution is 0.0845. The first-order chi connectivity index (χ1) is 9.54. The van der Waals surface area contributed by atoms with Gasteiger partial charge in [0.25, 0.3) is 0 Å². The van der Waals surface area contributed by atoms with Crippen molar-refractivity contribution in [2.75, 3.05) is 40.3 Å². The van der Waals surface area contributed by atoms with Gasteiger partial charge in [-0.25, -0.2) is 4.39 Å². The Labute approximate surface area is 121 Å². The second kappa shape index (κ2) is 7.16. The monoisotopic (exact) mass is 280 g/mol. The van der Waals surface area contributed by atoms with Crippen molar-refractivity contribution in [3.8, 4) is 0 Å². The highest BCUT2D eigenvalue weighted by molar-refractivity contribution is 5.19. The van der Waals surface area contributed by atoms with E-state index in [1.165, 1.54) is 25.0 Å². The molecule has 2 rings (SSSR count). The average Bonchev–Trinajstić information content (AvgIpc) is 2.40. The van der Waals surface area contributed by atoms with Crippen LogP contribution in [-0.4, -0.2) is 55.2 Å². The van der Waals surface area contributed by atoms with Crippen molar-refractivity contribution in [3.63, 3.8) is 0 Å². The number of likely N-dealkylation sites (tertiary alicyclic amines) is 1. The van der Waals surface area contributed by atoms with Crippen LogP contribution in [0.4, 0.5) is 4.39 Å². The summed E-state index contributed by atoms with van der Waals surface area (Å²) in [5.41, 5.74) is 0.667. The van der Waals surface area contributed by atoms with Crippen molar-refractivity contribution in [3.05, 3.63) is 35.6 Å². The van der Waals surface area contributed by atoms with Gasteiger partial charge in [0.05, 0.1) is 6.10 Å². The molecule has 1 N–H and O–H groups in total. The lowest BCUT2D eigenvalue weighted by atomic mass is 9.96. The van der Waals surface area contributed by atoms with Gasteiger partial charge in [-0.15, -0.1) is 0 Å². The van der Waals surface area contributed by atoms with Crippen molar-refractivity contribution >= 4 is 0 Å². The molecule has 0 bridgehead atoms. The summed E-state index contributed by atoms with van der Waals surface area (Å²) >= 11 is 0. The largest absolute Gasteiger partial charge is 0.387 e. The summed E-state index contributed by atoms with van der Waals surface area (Å²) in [5.74, 6) is 0.471. The summed E-state index contributed by atoms with van der Waals surface area (Å²) in [6, 6.07) is 6.26. The molecule has 0 unspecified atom stereocenters. The third-order valence-corrected chi connectivity index (χ3v) is 4.00. The van der Waals surface area contributed by atoms with E-state index in [2.05, 4.69) is 23.9 Å². The molecule has 1 saturated heterocycles. The highest BCUT2D eigenvalue weighted by Crippen LogP contribution is 2.21. The number of piperidine rings is 1. The van der Waals surface area contributed by atoms with E-state index in [0.29, 0.717) is 12.1 Å². The Morgan fingerprint density at radius 2 is 2.05 bits per heavy atom. The predicted molar refractivity (Wildman–Crippen MR) is 79.1 cm³/mol. The molecule has 1 aromatic rings. The second-order valence-corrected chi connectivity index (χ2v) is 6.08. The van der Waals surface area contributed by atoms with Gasteiger partial charge in [-0.05, 0) is 63.6 Å². The Hall–Kier alpha value is -0.970. The molecule has 0 saturated carbocycles. The number of aliphatic hydroxyl groups is 1. The number of hydrogen-bond acceptors (Lipinski definition) is 3. The van der Waals surface area contributed by atoms with E-state index in [4.69, 9.17) is 0 Å². The van der Waals surface area contributed by atoms with Gasteiger partial charge in [-0.2, -0.15) is 0 Å². The molecular formula is C16H25FN2O. The summed E-state index contributed by atoms with van der Waals surface area (Å²) in [6.45, 7) is 3.77. The Kier molecular flexibility index (Phi) is 5.52. The van der Waals surface area contributed by atoms with E-state index in [9.17, 15) is 9.50 Å². The molecule has 0 amide bonds. The zero-order valence-corrected chi connectivity index (χ0v) is 12.4. The molecule has 4 heteroatoms. The van der Waals surface area contributed by atoms with E-state index in [1.807, 2.05) is 0 Å². The molecule has 0 aliphatic carbocycles. The Balaban J connectivity index is 1.80. The molecule has 112 valence electrons. The second-order valence-electron chi connectivity index (χ2n) is 6.08. The topological polar surface area (TPSA) is 26.7 Å². The predicted octanol–water partition coefficient (Wildman–Crippen LogP) is 2.13. The zero-order valence-electron chi connectivity index (χ0n) is 12.4. The van der Waals surface area contributed by atoms with Gasteiger partial charge in [0.15, 0.2) is 0 Å². The summed E-state index contributed by atoms with van der Waals surface area (Å²) in [7, 11) is 4.22. The highest BCUT2D eigenvalue weighted by atomic mass is 19.1. The minimum absolute atomic E-state index is 0.286. The Morgan fingerprint density at radius 3 is 2.65 bits per heavy atom. The summed E-state index contributed by atoms with van der Waals surface area (Å²) < 4.78 is 13.1. The summed E-state index contributed by atoms with van der Waals surface area (Å²) in [4.78, 5) is 4.52. The van der Waals surface area contributed by atoms with Gasteiger partial charge in [0.2, 0.25) is 0 Å². The number of rotatable bonds is 5. The van der Waals surface area contributed by atoms with Crippen molar-refractivity contribution in [1.29, 1.82) is 0 Å². The number of halogens is 1. The van der Waals surface area contributed by atoms with E-state index in [1.54, 1.807) is 12.1 Å². The van der Waals surface area contributed by atoms with E-state index in [-0.39, 0.29) is 5.82 Å². The smallest absolute Gasteiger partial charge is 0.123 e. The van der Waals surface area contributed by atoms with E-state index >= 15 is 0 Å². The first-order valence-corrected chi connectivity index (χ1v) is 7.35. The molecule has 20 heavy (non-hydrogen) atoms.